The molecule has 0 heterocycles. The van der Waals surface area contributed by atoms with E-state index in [1.807, 2.05) is 54.6 Å². The molecule has 0 saturated heterocycles. The molecule has 0 saturated carbocycles. The molecule has 1 atom stereocenters. The van der Waals surface area contributed by atoms with Crippen molar-refractivity contribution < 1.29 is 4.74 Å². The van der Waals surface area contributed by atoms with Gasteiger partial charge < -0.3 is 10.5 Å². The van der Waals surface area contributed by atoms with Crippen molar-refractivity contribution in [2.45, 2.75) is 12.5 Å². The summed E-state index contributed by atoms with van der Waals surface area (Å²) in [7, 11) is 0. The Hall–Kier alpha value is -2.10. The number of hydrogen-bond acceptors (Lipinski definition) is 2. The van der Waals surface area contributed by atoms with E-state index in [0.29, 0.717) is 6.61 Å². The summed E-state index contributed by atoms with van der Waals surface area (Å²) in [5.41, 5.74) is 9.78. The van der Waals surface area contributed by atoms with Crippen LogP contribution < -0.4 is 10.5 Å². The molecule has 3 aromatic rings. The largest absolute Gasteiger partial charge is 0.493 e. The van der Waals surface area contributed by atoms with Gasteiger partial charge in [0.1, 0.15) is 5.75 Å². The molecule has 1 unspecified atom stereocenters. The lowest BCUT2D eigenvalue weighted by atomic mass is 10.00. The fourth-order valence-electron chi connectivity index (χ4n) is 2.59. The minimum atomic E-state index is -0.138. The van der Waals surface area contributed by atoms with Crippen molar-refractivity contribution in [3.63, 3.8) is 0 Å². The summed E-state index contributed by atoms with van der Waals surface area (Å²) in [4.78, 5) is 0. The first kappa shape index (κ1) is 16.7. The van der Waals surface area contributed by atoms with Gasteiger partial charge in [-0.05, 0) is 41.0 Å². The molecule has 0 bridgehead atoms. The second kappa shape index (κ2) is 8.13. The molecule has 122 valence electrons. The average Bonchev–Trinajstić information content (AvgIpc) is 2.64. The zero-order chi connectivity index (χ0) is 16.8. The van der Waals surface area contributed by atoms with Gasteiger partial charge in [0.2, 0.25) is 0 Å². The van der Waals surface area contributed by atoms with Crippen molar-refractivity contribution in [1.82, 2.24) is 0 Å². The maximum absolute atomic E-state index is 6.36. The number of hydrogen-bond donors (Lipinski definition) is 1. The van der Waals surface area contributed by atoms with Crippen molar-refractivity contribution in [2.75, 3.05) is 6.61 Å². The van der Waals surface area contributed by atoms with Crippen LogP contribution in [0.25, 0.3) is 0 Å². The van der Waals surface area contributed by atoms with E-state index >= 15 is 0 Å². The van der Waals surface area contributed by atoms with Crippen molar-refractivity contribution in [3.8, 4) is 5.75 Å². The van der Waals surface area contributed by atoms with Gasteiger partial charge in [0.25, 0.3) is 0 Å². The zero-order valence-electron chi connectivity index (χ0n) is 13.4. The number of nitrogens with two attached hydrogens (primary N) is 1. The first-order chi connectivity index (χ1) is 11.7. The molecular formula is C21H20BrNO. The van der Waals surface area contributed by atoms with Crippen LogP contribution in [-0.2, 0) is 6.42 Å². The van der Waals surface area contributed by atoms with Crippen molar-refractivity contribution in [2.24, 2.45) is 5.73 Å². The van der Waals surface area contributed by atoms with Crippen molar-refractivity contribution in [3.05, 3.63) is 100 Å². The zero-order valence-corrected chi connectivity index (χ0v) is 14.9. The van der Waals surface area contributed by atoms with Gasteiger partial charge in [-0.25, -0.2) is 0 Å². The van der Waals surface area contributed by atoms with E-state index in [2.05, 4.69) is 40.2 Å². The van der Waals surface area contributed by atoms with E-state index in [1.54, 1.807) is 0 Å². The van der Waals surface area contributed by atoms with Gasteiger partial charge in [-0.2, -0.15) is 0 Å². The maximum Gasteiger partial charge on any atom is 0.119 e. The molecule has 2 nitrogen and oxygen atoms in total. The summed E-state index contributed by atoms with van der Waals surface area (Å²) >= 11 is 3.45. The highest BCUT2D eigenvalue weighted by molar-refractivity contribution is 9.10. The molecule has 3 rings (SSSR count). The molecule has 0 radical (unpaired) electrons. The minimum Gasteiger partial charge on any atom is -0.493 e. The summed E-state index contributed by atoms with van der Waals surface area (Å²) in [6.45, 7) is 0.645. The Morgan fingerprint density at radius 2 is 1.54 bits per heavy atom. The van der Waals surface area contributed by atoms with E-state index < -0.39 is 0 Å². The normalized spacial score (nSPS) is 11.9. The first-order valence-corrected chi connectivity index (χ1v) is 8.79. The Balaban J connectivity index is 1.62. The lowest BCUT2D eigenvalue weighted by molar-refractivity contribution is 0.321. The molecule has 0 aliphatic heterocycles. The summed E-state index contributed by atoms with van der Waals surface area (Å²) in [6, 6.07) is 26.3. The Morgan fingerprint density at radius 3 is 2.29 bits per heavy atom. The van der Waals surface area contributed by atoms with Gasteiger partial charge in [-0.3, -0.25) is 0 Å². The lowest BCUT2D eigenvalue weighted by Gasteiger charge is -2.14. The van der Waals surface area contributed by atoms with Crippen LogP contribution in [0.4, 0.5) is 0 Å². The number of ether oxygens (including phenoxy) is 1. The summed E-state index contributed by atoms with van der Waals surface area (Å²) in [6.07, 6.45) is 0.877. The highest BCUT2D eigenvalue weighted by atomic mass is 79.9. The van der Waals surface area contributed by atoms with Gasteiger partial charge in [0.15, 0.2) is 0 Å². The quantitative estimate of drug-likeness (QED) is 0.642. The third-order valence-corrected chi connectivity index (χ3v) is 4.48. The van der Waals surface area contributed by atoms with Gasteiger partial charge in [0, 0.05) is 10.9 Å². The summed E-state index contributed by atoms with van der Waals surface area (Å²) in [5, 5.41) is 0. The third kappa shape index (κ3) is 4.47. The number of rotatable bonds is 6. The Morgan fingerprint density at radius 1 is 0.833 bits per heavy atom. The van der Waals surface area contributed by atoms with Crippen LogP contribution in [0.1, 0.15) is 22.7 Å². The Bertz CT molecular complexity index is 771. The van der Waals surface area contributed by atoms with Gasteiger partial charge in [0.05, 0.1) is 12.6 Å². The number of benzene rings is 3. The Labute approximate surface area is 151 Å². The topological polar surface area (TPSA) is 35.2 Å². The van der Waals surface area contributed by atoms with Crippen LogP contribution in [0.5, 0.6) is 5.75 Å². The SMILES string of the molecule is NC(c1ccccc1)c1cccc(OCCc2ccc(Br)cc2)c1. The monoisotopic (exact) mass is 381 g/mol. The molecule has 24 heavy (non-hydrogen) atoms. The Kier molecular flexibility index (Phi) is 5.68. The standard InChI is InChI=1S/C21H20BrNO/c22-19-11-9-16(10-12-19)13-14-24-20-8-4-7-18(15-20)21(23)17-5-2-1-3-6-17/h1-12,15,21H,13-14,23H2. The second-order valence-corrected chi connectivity index (χ2v) is 6.60. The van der Waals surface area contributed by atoms with E-state index in [1.165, 1.54) is 5.56 Å². The highest BCUT2D eigenvalue weighted by Crippen LogP contribution is 2.23. The van der Waals surface area contributed by atoms with Crippen LogP contribution in [0.3, 0.4) is 0 Å². The van der Waals surface area contributed by atoms with Gasteiger partial charge in [-0.1, -0.05) is 70.5 Å². The smallest absolute Gasteiger partial charge is 0.119 e. The van der Waals surface area contributed by atoms with Crippen LogP contribution in [0.2, 0.25) is 0 Å². The summed E-state index contributed by atoms with van der Waals surface area (Å²) < 4.78 is 6.99. The molecule has 3 heteroatoms. The lowest BCUT2D eigenvalue weighted by Crippen LogP contribution is -2.12. The molecule has 2 N–H and O–H groups in total. The third-order valence-electron chi connectivity index (χ3n) is 3.95. The fourth-order valence-corrected chi connectivity index (χ4v) is 2.85. The van der Waals surface area contributed by atoms with Crippen LogP contribution in [0.15, 0.2) is 83.3 Å². The molecule has 0 amide bonds. The molecule has 0 fully saturated rings. The van der Waals surface area contributed by atoms with Gasteiger partial charge >= 0.3 is 0 Å². The van der Waals surface area contributed by atoms with Crippen LogP contribution >= 0.6 is 15.9 Å². The molecule has 0 aromatic heterocycles. The molecule has 0 aliphatic rings. The summed E-state index contributed by atoms with van der Waals surface area (Å²) in [5.74, 6) is 0.857. The highest BCUT2D eigenvalue weighted by Gasteiger charge is 2.09. The van der Waals surface area contributed by atoms with Crippen molar-refractivity contribution >= 4 is 15.9 Å². The first-order valence-electron chi connectivity index (χ1n) is 8.00. The van der Waals surface area contributed by atoms with Crippen LogP contribution in [-0.4, -0.2) is 6.61 Å². The number of halogens is 1. The molecular weight excluding hydrogens is 362 g/mol. The van der Waals surface area contributed by atoms with E-state index in [0.717, 1.165) is 27.8 Å². The molecule has 0 aliphatic carbocycles. The van der Waals surface area contributed by atoms with Crippen LogP contribution in [0, 0.1) is 0 Å². The fraction of sp³-hybridized carbons (Fsp3) is 0.143. The molecule has 3 aromatic carbocycles. The van der Waals surface area contributed by atoms with Gasteiger partial charge in [-0.15, -0.1) is 0 Å². The van der Waals surface area contributed by atoms with E-state index in [4.69, 9.17) is 10.5 Å². The predicted octanol–water partition coefficient (Wildman–Crippen LogP) is 5.12. The minimum absolute atomic E-state index is 0.138. The maximum atomic E-state index is 6.36. The average molecular weight is 382 g/mol. The molecule has 0 spiro atoms. The van der Waals surface area contributed by atoms with Crippen molar-refractivity contribution in [1.29, 1.82) is 0 Å². The van der Waals surface area contributed by atoms with E-state index in [9.17, 15) is 0 Å². The van der Waals surface area contributed by atoms with E-state index in [-0.39, 0.29) is 6.04 Å². The second-order valence-electron chi connectivity index (χ2n) is 5.69. The predicted molar refractivity (Wildman–Crippen MR) is 102 cm³/mol.